The Morgan fingerprint density at radius 2 is 1.80 bits per heavy atom. The van der Waals surface area contributed by atoms with Gasteiger partial charge in [0.15, 0.2) is 0 Å². The summed E-state index contributed by atoms with van der Waals surface area (Å²) in [4.78, 5) is 27.2. The van der Waals surface area contributed by atoms with Gasteiger partial charge in [0.05, 0.1) is 0 Å². The van der Waals surface area contributed by atoms with Crippen LogP contribution in [-0.2, 0) is 9.59 Å². The lowest BCUT2D eigenvalue weighted by Crippen LogP contribution is -2.71. The van der Waals surface area contributed by atoms with Gasteiger partial charge in [-0.3, -0.25) is 9.59 Å². The van der Waals surface area contributed by atoms with Crippen molar-refractivity contribution in [3.8, 4) is 0 Å². The molecule has 3 fully saturated rings. The first-order valence-corrected chi connectivity index (χ1v) is 8.10. The Kier molecular flexibility index (Phi) is 3.30. The highest BCUT2D eigenvalue weighted by Gasteiger charge is 2.55. The second kappa shape index (κ2) is 4.74. The number of amides is 2. The summed E-state index contributed by atoms with van der Waals surface area (Å²) in [5, 5.41) is 3.00. The average Bonchev–Trinajstić information content (AvgIpc) is 3.13. The van der Waals surface area contributed by atoms with Gasteiger partial charge in [-0.2, -0.15) is 0 Å². The number of hydrogen-bond acceptors (Lipinski definition) is 2. The molecule has 1 heterocycles. The summed E-state index contributed by atoms with van der Waals surface area (Å²) < 4.78 is 0. The van der Waals surface area contributed by atoms with Crippen LogP contribution in [0, 0.1) is 11.8 Å². The van der Waals surface area contributed by atoms with Crippen LogP contribution in [0.5, 0.6) is 0 Å². The molecule has 3 unspecified atom stereocenters. The third kappa shape index (κ3) is 2.04. The molecule has 0 radical (unpaired) electrons. The zero-order valence-corrected chi connectivity index (χ0v) is 12.8. The Morgan fingerprint density at radius 3 is 2.35 bits per heavy atom. The molecule has 3 aliphatic rings. The van der Waals surface area contributed by atoms with Crippen LogP contribution in [0.1, 0.15) is 59.3 Å². The third-order valence-corrected chi connectivity index (χ3v) is 5.77. The highest BCUT2D eigenvalue weighted by atomic mass is 16.2. The first-order valence-electron chi connectivity index (χ1n) is 8.10. The first-order chi connectivity index (χ1) is 9.45. The normalized spacial score (nSPS) is 37.1. The molecular formula is C16H26N2O2. The number of nitrogens with one attached hydrogen (secondary N) is 1. The summed E-state index contributed by atoms with van der Waals surface area (Å²) >= 11 is 0. The molecule has 3 atom stereocenters. The van der Waals surface area contributed by atoms with Crippen LogP contribution in [0.2, 0.25) is 0 Å². The lowest BCUT2D eigenvalue weighted by Gasteiger charge is -2.47. The predicted octanol–water partition coefficient (Wildman–Crippen LogP) is 2.08. The summed E-state index contributed by atoms with van der Waals surface area (Å²) in [6.45, 7) is 5.92. The smallest absolute Gasteiger partial charge is 0.249 e. The van der Waals surface area contributed by atoms with E-state index in [1.54, 1.807) is 0 Å². The van der Waals surface area contributed by atoms with Crippen molar-refractivity contribution in [3.05, 3.63) is 0 Å². The van der Waals surface area contributed by atoms with Gasteiger partial charge in [-0.1, -0.05) is 12.8 Å². The largest absolute Gasteiger partial charge is 0.340 e. The second-order valence-corrected chi connectivity index (χ2v) is 7.14. The molecule has 112 valence electrons. The summed E-state index contributed by atoms with van der Waals surface area (Å²) in [5.41, 5.74) is -0.656. The van der Waals surface area contributed by atoms with Crippen molar-refractivity contribution in [1.82, 2.24) is 10.2 Å². The predicted molar refractivity (Wildman–Crippen MR) is 77.0 cm³/mol. The molecule has 4 heteroatoms. The van der Waals surface area contributed by atoms with E-state index in [1.807, 2.05) is 18.7 Å². The Balaban J connectivity index is 1.86. The van der Waals surface area contributed by atoms with Crippen LogP contribution in [0.25, 0.3) is 0 Å². The molecule has 0 aromatic rings. The van der Waals surface area contributed by atoms with Crippen molar-refractivity contribution in [1.29, 1.82) is 0 Å². The zero-order valence-electron chi connectivity index (χ0n) is 12.8. The number of carbonyl (C=O) groups is 2. The van der Waals surface area contributed by atoms with Crippen LogP contribution in [0.4, 0.5) is 0 Å². The standard InChI is InChI=1S/C16H26N2O2/c1-10(12-6-4-5-7-12)18-11(2)14(19)17-16(3,15(18)20)13-8-9-13/h10-13H,4-9H2,1-3H3,(H,17,19). The number of rotatable bonds is 3. The van der Waals surface area contributed by atoms with E-state index in [1.165, 1.54) is 25.7 Å². The molecule has 0 aromatic heterocycles. The molecule has 0 spiro atoms. The van der Waals surface area contributed by atoms with E-state index in [4.69, 9.17) is 0 Å². The minimum Gasteiger partial charge on any atom is -0.340 e. The van der Waals surface area contributed by atoms with Gasteiger partial charge in [0.25, 0.3) is 0 Å². The first kappa shape index (κ1) is 13.9. The highest BCUT2D eigenvalue weighted by molar-refractivity contribution is 6.00. The van der Waals surface area contributed by atoms with Crippen LogP contribution >= 0.6 is 0 Å². The minimum atomic E-state index is -0.656. The molecule has 2 saturated carbocycles. The van der Waals surface area contributed by atoms with Gasteiger partial charge in [0, 0.05) is 6.04 Å². The van der Waals surface area contributed by atoms with E-state index in [9.17, 15) is 9.59 Å². The maximum atomic E-state index is 13.0. The Hall–Kier alpha value is -1.06. The van der Waals surface area contributed by atoms with E-state index in [2.05, 4.69) is 12.2 Å². The highest BCUT2D eigenvalue weighted by Crippen LogP contribution is 2.43. The van der Waals surface area contributed by atoms with Crippen LogP contribution in [-0.4, -0.2) is 34.3 Å². The maximum Gasteiger partial charge on any atom is 0.249 e. The van der Waals surface area contributed by atoms with Crippen LogP contribution in [0.15, 0.2) is 0 Å². The van der Waals surface area contributed by atoms with Crippen LogP contribution < -0.4 is 5.32 Å². The Labute approximate surface area is 121 Å². The number of carbonyl (C=O) groups excluding carboxylic acids is 2. The minimum absolute atomic E-state index is 0.0175. The molecule has 1 N–H and O–H groups in total. The third-order valence-electron chi connectivity index (χ3n) is 5.77. The van der Waals surface area contributed by atoms with Gasteiger partial charge >= 0.3 is 0 Å². The number of piperazine rings is 1. The van der Waals surface area contributed by atoms with Crippen molar-refractivity contribution < 1.29 is 9.59 Å². The fourth-order valence-corrected chi connectivity index (χ4v) is 4.13. The number of hydrogen-bond donors (Lipinski definition) is 1. The van der Waals surface area contributed by atoms with Gasteiger partial charge in [0.2, 0.25) is 11.8 Å². The molecule has 0 aromatic carbocycles. The van der Waals surface area contributed by atoms with Gasteiger partial charge in [-0.25, -0.2) is 0 Å². The maximum absolute atomic E-state index is 13.0. The second-order valence-electron chi connectivity index (χ2n) is 7.14. The fraction of sp³-hybridized carbons (Fsp3) is 0.875. The van der Waals surface area contributed by atoms with Crippen molar-refractivity contribution in [2.24, 2.45) is 11.8 Å². The molecule has 4 nitrogen and oxygen atoms in total. The van der Waals surface area contributed by atoms with E-state index < -0.39 is 5.54 Å². The van der Waals surface area contributed by atoms with Gasteiger partial charge < -0.3 is 10.2 Å². The van der Waals surface area contributed by atoms with E-state index in [0.29, 0.717) is 11.8 Å². The summed E-state index contributed by atoms with van der Waals surface area (Å²) in [5.74, 6) is 1.07. The van der Waals surface area contributed by atoms with Gasteiger partial charge in [0.1, 0.15) is 11.6 Å². The summed E-state index contributed by atoms with van der Waals surface area (Å²) in [6, 6.07) is -0.144. The van der Waals surface area contributed by atoms with Crippen molar-refractivity contribution in [2.75, 3.05) is 0 Å². The van der Waals surface area contributed by atoms with E-state index in [0.717, 1.165) is 12.8 Å². The molecule has 0 bridgehead atoms. The van der Waals surface area contributed by atoms with Crippen molar-refractivity contribution >= 4 is 11.8 Å². The topological polar surface area (TPSA) is 49.4 Å². The zero-order chi connectivity index (χ0) is 14.5. The SMILES string of the molecule is CC1C(=O)NC(C)(C2CC2)C(=O)N1C(C)C1CCCC1. The Morgan fingerprint density at radius 1 is 1.20 bits per heavy atom. The molecule has 3 rings (SSSR count). The summed E-state index contributed by atoms with van der Waals surface area (Å²) in [6.07, 6.45) is 7.03. The van der Waals surface area contributed by atoms with Crippen molar-refractivity contribution in [2.45, 2.75) is 76.9 Å². The monoisotopic (exact) mass is 278 g/mol. The quantitative estimate of drug-likeness (QED) is 0.859. The molecule has 20 heavy (non-hydrogen) atoms. The molecule has 2 aliphatic carbocycles. The Bertz CT molecular complexity index is 426. The number of nitrogens with zero attached hydrogens (tertiary/aromatic N) is 1. The molecular weight excluding hydrogens is 252 g/mol. The van der Waals surface area contributed by atoms with Gasteiger partial charge in [-0.05, 0) is 58.3 Å². The van der Waals surface area contributed by atoms with Crippen molar-refractivity contribution in [3.63, 3.8) is 0 Å². The lowest BCUT2D eigenvalue weighted by atomic mass is 9.86. The van der Waals surface area contributed by atoms with Crippen LogP contribution in [0.3, 0.4) is 0 Å². The lowest BCUT2D eigenvalue weighted by molar-refractivity contribution is -0.158. The fourth-order valence-electron chi connectivity index (χ4n) is 4.13. The van der Waals surface area contributed by atoms with E-state index in [-0.39, 0.29) is 23.9 Å². The molecule has 1 saturated heterocycles. The van der Waals surface area contributed by atoms with Gasteiger partial charge in [-0.15, -0.1) is 0 Å². The molecule has 1 aliphatic heterocycles. The molecule has 2 amide bonds. The summed E-state index contributed by atoms with van der Waals surface area (Å²) in [7, 11) is 0. The average molecular weight is 278 g/mol. The van der Waals surface area contributed by atoms with E-state index >= 15 is 0 Å².